The summed E-state index contributed by atoms with van der Waals surface area (Å²) < 4.78 is 31.9. The van der Waals surface area contributed by atoms with Gasteiger partial charge in [0.1, 0.15) is 11.5 Å². The summed E-state index contributed by atoms with van der Waals surface area (Å²) in [5, 5.41) is 9.74. The Morgan fingerprint density at radius 3 is 2.30 bits per heavy atom. The molecule has 5 nitrogen and oxygen atoms in total. The van der Waals surface area contributed by atoms with Crippen LogP contribution < -0.4 is 9.46 Å². The van der Waals surface area contributed by atoms with Gasteiger partial charge in [-0.2, -0.15) is 0 Å². The van der Waals surface area contributed by atoms with Crippen molar-refractivity contribution in [2.45, 2.75) is 11.8 Å². The molecule has 0 aliphatic carbocycles. The van der Waals surface area contributed by atoms with Gasteiger partial charge in [0.05, 0.1) is 17.7 Å². The number of hydrogen-bond acceptors (Lipinski definition) is 4. The number of hydrogen-bond donors (Lipinski definition) is 2. The third-order valence-corrected chi connectivity index (χ3v) is 4.22. The zero-order valence-electron chi connectivity index (χ0n) is 11.1. The van der Waals surface area contributed by atoms with Crippen molar-refractivity contribution in [3.8, 4) is 11.5 Å². The third-order valence-electron chi connectivity index (χ3n) is 2.86. The van der Waals surface area contributed by atoms with Crippen molar-refractivity contribution in [1.82, 2.24) is 0 Å². The summed E-state index contributed by atoms with van der Waals surface area (Å²) in [6.45, 7) is 1.71. The lowest BCUT2D eigenvalue weighted by molar-refractivity contribution is 0.414. The first-order chi connectivity index (χ1) is 9.44. The van der Waals surface area contributed by atoms with E-state index in [9.17, 15) is 13.5 Å². The van der Waals surface area contributed by atoms with E-state index >= 15 is 0 Å². The lowest BCUT2D eigenvalue weighted by atomic mass is 10.2. The number of methoxy groups -OCH3 is 1. The topological polar surface area (TPSA) is 75.6 Å². The van der Waals surface area contributed by atoms with Gasteiger partial charge in [-0.1, -0.05) is 12.1 Å². The molecule has 0 fully saturated rings. The van der Waals surface area contributed by atoms with E-state index in [2.05, 4.69) is 4.72 Å². The molecule has 0 saturated heterocycles. The third kappa shape index (κ3) is 2.85. The standard InChI is InChI=1S/C14H15NO4S/c1-10-4-3-5-13(16)14(10)15-20(17,18)12-8-6-11(19-2)7-9-12/h3-9,15-16H,1-2H3. The van der Waals surface area contributed by atoms with Crippen LogP contribution in [0.2, 0.25) is 0 Å². The van der Waals surface area contributed by atoms with Crippen LogP contribution >= 0.6 is 0 Å². The Balaban J connectivity index is 2.35. The van der Waals surface area contributed by atoms with Gasteiger partial charge < -0.3 is 9.84 Å². The van der Waals surface area contributed by atoms with Crippen LogP contribution in [0.4, 0.5) is 5.69 Å². The fourth-order valence-electron chi connectivity index (χ4n) is 1.73. The van der Waals surface area contributed by atoms with E-state index in [1.54, 1.807) is 31.2 Å². The van der Waals surface area contributed by atoms with Crippen LogP contribution in [-0.2, 0) is 10.0 Å². The van der Waals surface area contributed by atoms with Crippen molar-refractivity contribution in [2.75, 3.05) is 11.8 Å². The number of phenolic OH excluding ortho intramolecular Hbond substituents is 1. The Kier molecular flexibility index (Phi) is 3.85. The van der Waals surface area contributed by atoms with Crippen LogP contribution in [0, 0.1) is 6.92 Å². The zero-order chi connectivity index (χ0) is 14.8. The molecule has 2 rings (SSSR count). The van der Waals surface area contributed by atoms with E-state index in [0.29, 0.717) is 11.3 Å². The number of anilines is 1. The Morgan fingerprint density at radius 1 is 1.10 bits per heavy atom. The second kappa shape index (κ2) is 5.42. The quantitative estimate of drug-likeness (QED) is 0.849. The minimum Gasteiger partial charge on any atom is -0.506 e. The molecule has 6 heteroatoms. The van der Waals surface area contributed by atoms with E-state index in [-0.39, 0.29) is 16.3 Å². The van der Waals surface area contributed by atoms with Gasteiger partial charge in [0.2, 0.25) is 0 Å². The zero-order valence-corrected chi connectivity index (χ0v) is 11.9. The number of aryl methyl sites for hydroxylation is 1. The average Bonchev–Trinajstić information content (AvgIpc) is 2.43. The Hall–Kier alpha value is -2.21. The predicted octanol–water partition coefficient (Wildman–Crippen LogP) is 2.51. The highest BCUT2D eigenvalue weighted by atomic mass is 32.2. The van der Waals surface area contributed by atoms with Crippen molar-refractivity contribution in [3.05, 3.63) is 48.0 Å². The SMILES string of the molecule is COc1ccc(S(=O)(=O)Nc2c(C)cccc2O)cc1. The van der Waals surface area contributed by atoms with Gasteiger partial charge in [0.15, 0.2) is 0 Å². The molecule has 106 valence electrons. The summed E-state index contributed by atoms with van der Waals surface area (Å²) in [5.74, 6) is 0.463. The molecular formula is C14H15NO4S. The number of sulfonamides is 1. The summed E-state index contributed by atoms with van der Waals surface area (Å²) >= 11 is 0. The summed E-state index contributed by atoms with van der Waals surface area (Å²) in [5.41, 5.74) is 0.824. The predicted molar refractivity (Wildman–Crippen MR) is 76.6 cm³/mol. The average molecular weight is 293 g/mol. The van der Waals surface area contributed by atoms with Crippen LogP contribution in [0.15, 0.2) is 47.4 Å². The minimum absolute atomic E-state index is 0.0981. The van der Waals surface area contributed by atoms with Gasteiger partial charge >= 0.3 is 0 Å². The maximum Gasteiger partial charge on any atom is 0.262 e. The first-order valence-corrected chi connectivity index (χ1v) is 7.38. The molecule has 0 amide bonds. The van der Waals surface area contributed by atoms with E-state index in [1.807, 2.05) is 0 Å². The number of rotatable bonds is 4. The van der Waals surface area contributed by atoms with Crippen LogP contribution in [0.5, 0.6) is 11.5 Å². The number of ether oxygens (including phenoxy) is 1. The van der Waals surface area contributed by atoms with Crippen molar-refractivity contribution in [3.63, 3.8) is 0 Å². The maximum absolute atomic E-state index is 12.2. The second-order valence-electron chi connectivity index (χ2n) is 4.25. The number of benzene rings is 2. The molecule has 0 aromatic heterocycles. The minimum atomic E-state index is -3.75. The Labute approximate surface area is 117 Å². The molecule has 0 unspecified atom stereocenters. The van der Waals surface area contributed by atoms with Crippen molar-refractivity contribution in [2.24, 2.45) is 0 Å². The smallest absolute Gasteiger partial charge is 0.262 e. The number of nitrogens with one attached hydrogen (secondary N) is 1. The van der Waals surface area contributed by atoms with Gasteiger partial charge in [-0.05, 0) is 42.8 Å². The van der Waals surface area contributed by atoms with Crippen LogP contribution in [0.1, 0.15) is 5.56 Å². The number of phenols is 1. The molecule has 2 aromatic rings. The van der Waals surface area contributed by atoms with Gasteiger partial charge in [-0.3, -0.25) is 4.72 Å². The molecule has 20 heavy (non-hydrogen) atoms. The molecule has 0 radical (unpaired) electrons. The first kappa shape index (κ1) is 14.2. The van der Waals surface area contributed by atoms with E-state index in [4.69, 9.17) is 4.74 Å². The Bertz CT molecular complexity index is 688. The van der Waals surface area contributed by atoms with Crippen LogP contribution in [0.3, 0.4) is 0 Å². The molecule has 0 spiro atoms. The van der Waals surface area contributed by atoms with Crippen molar-refractivity contribution < 1.29 is 18.3 Å². The lowest BCUT2D eigenvalue weighted by Gasteiger charge is -2.12. The van der Waals surface area contributed by atoms with Gasteiger partial charge in [0, 0.05) is 0 Å². The Morgan fingerprint density at radius 2 is 1.75 bits per heavy atom. The molecule has 0 heterocycles. The molecule has 0 bridgehead atoms. The van der Waals surface area contributed by atoms with Crippen LogP contribution in [0.25, 0.3) is 0 Å². The molecule has 0 aliphatic heterocycles. The molecule has 0 aliphatic rings. The number of aromatic hydroxyl groups is 1. The highest BCUT2D eigenvalue weighted by Gasteiger charge is 2.17. The van der Waals surface area contributed by atoms with Crippen molar-refractivity contribution in [1.29, 1.82) is 0 Å². The summed E-state index contributed by atoms with van der Waals surface area (Å²) in [6.07, 6.45) is 0. The van der Waals surface area contributed by atoms with E-state index in [0.717, 1.165) is 0 Å². The summed E-state index contributed by atoms with van der Waals surface area (Å²) in [7, 11) is -2.24. The highest BCUT2D eigenvalue weighted by Crippen LogP contribution is 2.29. The fraction of sp³-hybridized carbons (Fsp3) is 0.143. The summed E-state index contributed by atoms with van der Waals surface area (Å²) in [4.78, 5) is 0.0981. The maximum atomic E-state index is 12.2. The fourth-order valence-corrected chi connectivity index (χ4v) is 2.88. The first-order valence-electron chi connectivity index (χ1n) is 5.89. The molecule has 2 N–H and O–H groups in total. The largest absolute Gasteiger partial charge is 0.506 e. The number of para-hydroxylation sites is 1. The van der Waals surface area contributed by atoms with E-state index in [1.165, 1.54) is 25.3 Å². The second-order valence-corrected chi connectivity index (χ2v) is 5.93. The normalized spacial score (nSPS) is 11.1. The molecule has 2 aromatic carbocycles. The highest BCUT2D eigenvalue weighted by molar-refractivity contribution is 7.92. The van der Waals surface area contributed by atoms with E-state index < -0.39 is 10.0 Å². The lowest BCUT2D eigenvalue weighted by Crippen LogP contribution is -2.13. The summed E-state index contributed by atoms with van der Waals surface area (Å²) in [6, 6.07) is 10.8. The van der Waals surface area contributed by atoms with Gasteiger partial charge in [-0.15, -0.1) is 0 Å². The van der Waals surface area contributed by atoms with Crippen molar-refractivity contribution >= 4 is 15.7 Å². The van der Waals surface area contributed by atoms with Crippen LogP contribution in [-0.4, -0.2) is 20.6 Å². The molecular weight excluding hydrogens is 278 g/mol. The monoisotopic (exact) mass is 293 g/mol. The van der Waals surface area contributed by atoms with Gasteiger partial charge in [-0.25, -0.2) is 8.42 Å². The molecule has 0 atom stereocenters. The molecule has 0 saturated carbocycles. The van der Waals surface area contributed by atoms with Gasteiger partial charge in [0.25, 0.3) is 10.0 Å².